The van der Waals surface area contributed by atoms with Gasteiger partial charge in [0.1, 0.15) is 19.0 Å². The van der Waals surface area contributed by atoms with Crippen molar-refractivity contribution in [2.75, 3.05) is 19.5 Å². The van der Waals surface area contributed by atoms with E-state index in [2.05, 4.69) is 10.2 Å². The molecular formula is C30H28FN3O8S. The molecule has 13 heteroatoms. The van der Waals surface area contributed by atoms with Crippen LogP contribution in [0.4, 0.5) is 4.39 Å². The number of aromatic nitrogens is 1. The van der Waals surface area contributed by atoms with Crippen LogP contribution in [0.2, 0.25) is 0 Å². The number of carbonyl (C=O) groups is 2. The highest BCUT2D eigenvalue weighted by atomic mass is 32.2. The summed E-state index contributed by atoms with van der Waals surface area (Å²) in [7, 11) is -3.47. The Kier molecular flexibility index (Phi) is 9.56. The summed E-state index contributed by atoms with van der Waals surface area (Å²) >= 11 is 0. The lowest BCUT2D eigenvalue weighted by atomic mass is 10.1. The maximum absolute atomic E-state index is 14.3. The van der Waals surface area contributed by atoms with Gasteiger partial charge in [-0.3, -0.25) is 4.79 Å². The second-order valence-electron chi connectivity index (χ2n) is 9.57. The number of nitrogens with one attached hydrogen (secondary N) is 1. The Balaban J connectivity index is 1.79. The Morgan fingerprint density at radius 2 is 1.70 bits per heavy atom. The first kappa shape index (κ1) is 30.9. The highest BCUT2D eigenvalue weighted by molar-refractivity contribution is 7.90. The number of hydrogen-bond donors (Lipinski definition) is 1. The van der Waals surface area contributed by atoms with Crippen LogP contribution in [0.5, 0.6) is 0 Å². The Labute approximate surface area is 246 Å². The molecule has 1 aromatic heterocycles. The highest BCUT2D eigenvalue weighted by Crippen LogP contribution is 2.34. The minimum absolute atomic E-state index is 0.0431. The average molecular weight is 610 g/mol. The Morgan fingerprint density at radius 3 is 2.33 bits per heavy atom. The van der Waals surface area contributed by atoms with Crippen LogP contribution in [0.15, 0.2) is 89.8 Å². The van der Waals surface area contributed by atoms with E-state index in [0.29, 0.717) is 33.8 Å². The number of halogens is 1. The third kappa shape index (κ3) is 7.83. The molecule has 0 saturated heterocycles. The number of benzene rings is 3. The normalized spacial score (nSPS) is 11.9. The number of rotatable bonds is 12. The van der Waals surface area contributed by atoms with E-state index in [1.165, 1.54) is 30.3 Å². The van der Waals surface area contributed by atoms with Gasteiger partial charge in [-0.2, -0.15) is 0 Å². The molecule has 1 amide bonds. The first-order valence-corrected chi connectivity index (χ1v) is 14.9. The molecule has 4 rings (SSSR count). The molecule has 0 spiro atoms. The summed E-state index contributed by atoms with van der Waals surface area (Å²) in [6.45, 7) is 0.715. The minimum Gasteiger partial charge on any atom is -0.462 e. The fourth-order valence-electron chi connectivity index (χ4n) is 4.55. The van der Waals surface area contributed by atoms with Gasteiger partial charge in [-0.1, -0.05) is 48.5 Å². The first-order chi connectivity index (χ1) is 20.4. The molecule has 43 heavy (non-hydrogen) atoms. The number of carbonyl (C=O) groups excluding carboxylic acids is 2. The molecule has 1 N–H and O–H groups in total. The van der Waals surface area contributed by atoms with Crippen molar-refractivity contribution in [1.29, 1.82) is 0 Å². The summed E-state index contributed by atoms with van der Waals surface area (Å²) < 4.78 is 45.3. The third-order valence-electron chi connectivity index (χ3n) is 6.51. The van der Waals surface area contributed by atoms with Gasteiger partial charge in [0.15, 0.2) is 15.9 Å². The van der Waals surface area contributed by atoms with Crippen LogP contribution in [0, 0.1) is 22.9 Å². The molecule has 11 nitrogen and oxygen atoms in total. The van der Waals surface area contributed by atoms with E-state index in [9.17, 15) is 32.5 Å². The van der Waals surface area contributed by atoms with Gasteiger partial charge in [-0.05, 0) is 54.4 Å². The first-order valence-electron chi connectivity index (χ1n) is 13.0. The van der Waals surface area contributed by atoms with Gasteiger partial charge in [0, 0.05) is 23.2 Å². The summed E-state index contributed by atoms with van der Waals surface area (Å²) in [5.41, 5.74) is 2.91. The number of hydrogen-bond acceptors (Lipinski definition) is 8. The quantitative estimate of drug-likeness (QED) is 0.109. The van der Waals surface area contributed by atoms with E-state index in [-0.39, 0.29) is 11.3 Å². The van der Waals surface area contributed by atoms with Gasteiger partial charge < -0.3 is 19.5 Å². The van der Waals surface area contributed by atoms with Gasteiger partial charge in [0.25, 0.3) is 5.09 Å². The third-order valence-corrected chi connectivity index (χ3v) is 7.64. The summed E-state index contributed by atoms with van der Waals surface area (Å²) in [5.74, 6) is -1.90. The van der Waals surface area contributed by atoms with Gasteiger partial charge >= 0.3 is 5.97 Å². The van der Waals surface area contributed by atoms with Crippen molar-refractivity contribution in [3.63, 3.8) is 0 Å². The van der Waals surface area contributed by atoms with Crippen LogP contribution in [0.25, 0.3) is 16.9 Å². The summed E-state index contributed by atoms with van der Waals surface area (Å²) in [6.07, 6.45) is 1.04. The number of esters is 1. The lowest BCUT2D eigenvalue weighted by Gasteiger charge is -2.19. The lowest BCUT2D eigenvalue weighted by Crippen LogP contribution is -2.36. The molecular weight excluding hydrogens is 581 g/mol. The topological polar surface area (TPSA) is 147 Å². The van der Waals surface area contributed by atoms with Crippen LogP contribution in [-0.2, 0) is 35.4 Å². The molecule has 0 aliphatic carbocycles. The van der Waals surface area contributed by atoms with Crippen molar-refractivity contribution >= 4 is 21.7 Å². The minimum atomic E-state index is -3.47. The van der Waals surface area contributed by atoms with Crippen LogP contribution < -0.4 is 5.32 Å². The summed E-state index contributed by atoms with van der Waals surface area (Å²) in [4.78, 5) is 41.2. The van der Waals surface area contributed by atoms with Gasteiger partial charge in [-0.25, -0.2) is 17.6 Å². The average Bonchev–Trinajstić information content (AvgIpc) is 3.30. The van der Waals surface area contributed by atoms with E-state index >= 15 is 0 Å². The zero-order valence-electron chi connectivity index (χ0n) is 23.2. The van der Waals surface area contributed by atoms with E-state index < -0.39 is 51.9 Å². The van der Waals surface area contributed by atoms with Crippen LogP contribution >= 0.6 is 0 Å². The molecule has 0 aliphatic heterocycles. The fraction of sp³-hybridized carbons (Fsp3) is 0.200. The van der Waals surface area contributed by atoms with E-state index in [1.807, 2.05) is 0 Å². The number of sulfone groups is 1. The summed E-state index contributed by atoms with van der Waals surface area (Å²) in [6, 6.07) is 20.9. The second kappa shape index (κ2) is 13.3. The Morgan fingerprint density at radius 1 is 1.00 bits per heavy atom. The SMILES string of the molecule is Cc1c(C(NC(=O)Cc2ccccc2)C(=O)OCCO[N+](=O)[O-])cc(-c2ccc(S(C)(=O)=O)cc2)n1-c1cccc(F)c1. The van der Waals surface area contributed by atoms with Crippen molar-refractivity contribution in [3.05, 3.63) is 118 Å². The van der Waals surface area contributed by atoms with E-state index in [0.717, 1.165) is 6.26 Å². The highest BCUT2D eigenvalue weighted by Gasteiger charge is 2.30. The maximum atomic E-state index is 14.3. The molecule has 1 heterocycles. The van der Waals surface area contributed by atoms with E-state index in [1.54, 1.807) is 66.1 Å². The zero-order valence-corrected chi connectivity index (χ0v) is 24.0. The molecule has 0 aliphatic rings. The number of ether oxygens (including phenoxy) is 1. The molecule has 0 bridgehead atoms. The van der Waals surface area contributed by atoms with Crippen molar-refractivity contribution in [2.24, 2.45) is 0 Å². The molecule has 3 aromatic carbocycles. The predicted molar refractivity (Wildman–Crippen MR) is 154 cm³/mol. The monoisotopic (exact) mass is 609 g/mol. The van der Waals surface area contributed by atoms with Crippen molar-refractivity contribution in [2.45, 2.75) is 24.3 Å². The van der Waals surface area contributed by atoms with Crippen LogP contribution in [0.3, 0.4) is 0 Å². The van der Waals surface area contributed by atoms with Gasteiger partial charge in [0.05, 0.1) is 17.0 Å². The van der Waals surface area contributed by atoms with Crippen LogP contribution in [0.1, 0.15) is 22.9 Å². The molecule has 4 aromatic rings. The number of nitrogens with zero attached hydrogens (tertiary/aromatic N) is 2. The Bertz CT molecular complexity index is 1740. The van der Waals surface area contributed by atoms with E-state index in [4.69, 9.17) is 4.74 Å². The fourth-order valence-corrected chi connectivity index (χ4v) is 5.18. The van der Waals surface area contributed by atoms with Gasteiger partial charge in [0.2, 0.25) is 5.91 Å². The van der Waals surface area contributed by atoms with Crippen molar-refractivity contribution < 1.29 is 37.1 Å². The molecule has 1 atom stereocenters. The van der Waals surface area contributed by atoms with Crippen molar-refractivity contribution in [3.8, 4) is 16.9 Å². The molecule has 0 saturated carbocycles. The molecule has 1 unspecified atom stereocenters. The largest absolute Gasteiger partial charge is 0.462 e. The molecule has 224 valence electrons. The molecule has 0 radical (unpaired) electrons. The van der Waals surface area contributed by atoms with Crippen molar-refractivity contribution in [1.82, 2.24) is 9.88 Å². The zero-order chi connectivity index (χ0) is 31.1. The van der Waals surface area contributed by atoms with Crippen LogP contribution in [-0.4, -0.2) is 49.4 Å². The van der Waals surface area contributed by atoms with Gasteiger partial charge in [-0.15, -0.1) is 10.1 Å². The standard InChI is InChI=1S/C30H28FN3O8S/c1-20-26(29(30(36)41-15-16-42-34(37)38)32-28(35)17-21-7-4-3-5-8-21)19-27(33(20)24-10-6-9-23(31)18-24)22-11-13-25(14-12-22)43(2,39)40/h3-14,18-19,29H,15-17H2,1-2H3,(H,32,35). The Hall–Kier alpha value is -5.04. The smallest absolute Gasteiger partial charge is 0.333 e. The predicted octanol–water partition coefficient (Wildman–Crippen LogP) is 4.15. The maximum Gasteiger partial charge on any atom is 0.333 e. The summed E-state index contributed by atoms with van der Waals surface area (Å²) in [5, 5.41) is 12.2. The number of amides is 1. The molecule has 0 fully saturated rings. The lowest BCUT2D eigenvalue weighted by molar-refractivity contribution is -0.757. The second-order valence-corrected chi connectivity index (χ2v) is 11.6.